The van der Waals surface area contributed by atoms with Gasteiger partial charge >= 0.3 is 5.97 Å². The first-order valence-corrected chi connectivity index (χ1v) is 12.2. The SMILES string of the molecule is C=Cc1ccc(SC(C(=O)OC2CSCC(=C)CSC2)C(C)C)cc1C=C. The number of carbonyl (C=O) groups excluding carboxylic acids is 1. The van der Waals surface area contributed by atoms with Gasteiger partial charge in [0.25, 0.3) is 0 Å². The molecule has 2 rings (SSSR count). The number of thioether (sulfide) groups is 3. The van der Waals surface area contributed by atoms with E-state index in [1.54, 1.807) is 35.3 Å². The first-order valence-electron chi connectivity index (χ1n) is 9.02. The summed E-state index contributed by atoms with van der Waals surface area (Å²) in [6, 6.07) is 6.11. The fraction of sp³-hybridized carbons (Fsp3) is 0.409. The number of ether oxygens (including phenoxy) is 1. The van der Waals surface area contributed by atoms with Gasteiger partial charge in [0.15, 0.2) is 0 Å². The molecule has 0 spiro atoms. The summed E-state index contributed by atoms with van der Waals surface area (Å²) < 4.78 is 5.89. The van der Waals surface area contributed by atoms with Crippen LogP contribution in [0.2, 0.25) is 0 Å². The molecule has 27 heavy (non-hydrogen) atoms. The van der Waals surface area contributed by atoms with Crippen molar-refractivity contribution in [2.24, 2.45) is 5.92 Å². The lowest BCUT2D eigenvalue weighted by molar-refractivity contribution is -0.147. The van der Waals surface area contributed by atoms with Crippen molar-refractivity contribution in [1.29, 1.82) is 0 Å². The van der Waals surface area contributed by atoms with Gasteiger partial charge in [0.2, 0.25) is 0 Å². The average Bonchev–Trinajstić information content (AvgIpc) is 2.63. The fourth-order valence-corrected chi connectivity index (χ4v) is 5.90. The lowest BCUT2D eigenvalue weighted by atomic mass is 10.1. The molecule has 0 radical (unpaired) electrons. The highest BCUT2D eigenvalue weighted by molar-refractivity contribution is 8.01. The van der Waals surface area contributed by atoms with Crippen molar-refractivity contribution >= 4 is 53.4 Å². The maximum absolute atomic E-state index is 12.9. The van der Waals surface area contributed by atoms with E-state index in [1.807, 2.05) is 24.3 Å². The molecule has 1 aliphatic heterocycles. The van der Waals surface area contributed by atoms with Crippen molar-refractivity contribution < 1.29 is 9.53 Å². The van der Waals surface area contributed by atoms with E-state index in [0.29, 0.717) is 0 Å². The third kappa shape index (κ3) is 6.81. The second-order valence-corrected chi connectivity index (χ2v) is 10.1. The zero-order valence-electron chi connectivity index (χ0n) is 16.1. The van der Waals surface area contributed by atoms with Crippen molar-refractivity contribution in [3.8, 4) is 0 Å². The Kier molecular flexibility index (Phi) is 9.13. The number of hydrogen-bond donors (Lipinski definition) is 0. The second kappa shape index (κ2) is 11.1. The van der Waals surface area contributed by atoms with Crippen LogP contribution in [0.4, 0.5) is 0 Å². The Morgan fingerprint density at radius 3 is 2.37 bits per heavy atom. The van der Waals surface area contributed by atoms with E-state index in [2.05, 4.69) is 39.7 Å². The predicted molar refractivity (Wildman–Crippen MR) is 125 cm³/mol. The number of esters is 1. The molecule has 0 saturated carbocycles. The van der Waals surface area contributed by atoms with Crippen molar-refractivity contribution in [3.63, 3.8) is 0 Å². The van der Waals surface area contributed by atoms with Crippen LogP contribution in [-0.2, 0) is 9.53 Å². The molecule has 0 bridgehead atoms. The summed E-state index contributed by atoms with van der Waals surface area (Å²) in [5, 5.41) is -0.229. The van der Waals surface area contributed by atoms with Gasteiger partial charge in [0.1, 0.15) is 11.4 Å². The van der Waals surface area contributed by atoms with E-state index < -0.39 is 0 Å². The topological polar surface area (TPSA) is 26.3 Å². The minimum Gasteiger partial charge on any atom is -0.460 e. The van der Waals surface area contributed by atoms with Gasteiger partial charge in [-0.1, -0.05) is 57.4 Å². The van der Waals surface area contributed by atoms with Crippen molar-refractivity contribution in [2.75, 3.05) is 23.0 Å². The van der Waals surface area contributed by atoms with Gasteiger partial charge in [-0.15, -0.1) is 11.8 Å². The number of carbonyl (C=O) groups is 1. The molecule has 1 unspecified atom stereocenters. The Bertz CT molecular complexity index is 685. The molecule has 1 aromatic rings. The Hall–Kier alpha value is -1.04. The highest BCUT2D eigenvalue weighted by Crippen LogP contribution is 2.32. The first kappa shape index (κ1) is 22.3. The smallest absolute Gasteiger partial charge is 0.320 e. The summed E-state index contributed by atoms with van der Waals surface area (Å²) >= 11 is 5.17. The van der Waals surface area contributed by atoms with Crippen LogP contribution in [-0.4, -0.2) is 40.3 Å². The number of rotatable bonds is 7. The standard InChI is InChI=1S/C22H28O2S3/c1-6-17-8-9-20(10-18(17)7-2)27-21(15(3)4)22(23)24-19-13-25-11-16(5)12-26-14-19/h6-10,15,19,21H,1-2,5,11-14H2,3-4H3. The molecule has 1 heterocycles. The number of hydrogen-bond acceptors (Lipinski definition) is 5. The largest absolute Gasteiger partial charge is 0.460 e. The van der Waals surface area contributed by atoms with E-state index in [1.165, 1.54) is 5.57 Å². The van der Waals surface area contributed by atoms with Crippen LogP contribution in [0.25, 0.3) is 12.2 Å². The van der Waals surface area contributed by atoms with Gasteiger partial charge in [0, 0.05) is 27.9 Å². The Balaban J connectivity index is 2.05. The molecule has 1 aliphatic rings. The highest BCUT2D eigenvalue weighted by atomic mass is 32.2. The zero-order valence-corrected chi connectivity index (χ0v) is 18.6. The Labute approximate surface area is 176 Å². The average molecular weight is 421 g/mol. The van der Waals surface area contributed by atoms with Crippen LogP contribution < -0.4 is 0 Å². The van der Waals surface area contributed by atoms with E-state index in [4.69, 9.17) is 4.74 Å². The third-order valence-corrected chi connectivity index (χ3v) is 8.06. The van der Waals surface area contributed by atoms with E-state index in [-0.39, 0.29) is 23.2 Å². The van der Waals surface area contributed by atoms with E-state index in [0.717, 1.165) is 39.0 Å². The van der Waals surface area contributed by atoms with Crippen molar-refractivity contribution in [3.05, 3.63) is 54.6 Å². The molecule has 1 fully saturated rings. The van der Waals surface area contributed by atoms with Crippen LogP contribution in [0.1, 0.15) is 25.0 Å². The van der Waals surface area contributed by atoms with Gasteiger partial charge in [-0.05, 0) is 29.2 Å². The quantitative estimate of drug-likeness (QED) is 0.304. The van der Waals surface area contributed by atoms with E-state index >= 15 is 0 Å². The van der Waals surface area contributed by atoms with Crippen LogP contribution in [0.15, 0.2) is 48.4 Å². The molecule has 5 heteroatoms. The van der Waals surface area contributed by atoms with Gasteiger partial charge in [0.05, 0.1) is 0 Å². The summed E-state index contributed by atoms with van der Waals surface area (Å²) in [5.41, 5.74) is 3.33. The molecular formula is C22H28O2S3. The van der Waals surface area contributed by atoms with E-state index in [9.17, 15) is 4.79 Å². The monoisotopic (exact) mass is 420 g/mol. The lowest BCUT2D eigenvalue weighted by Crippen LogP contribution is -2.32. The number of benzene rings is 1. The molecule has 1 atom stereocenters. The van der Waals surface area contributed by atoms with Gasteiger partial charge in [-0.2, -0.15) is 23.5 Å². The fourth-order valence-electron chi connectivity index (χ4n) is 2.65. The zero-order chi connectivity index (χ0) is 19.8. The normalized spacial score (nSPS) is 17.1. The predicted octanol–water partition coefficient (Wildman–Crippen LogP) is 6.04. The molecule has 1 saturated heterocycles. The van der Waals surface area contributed by atoms with Gasteiger partial charge in [-0.25, -0.2) is 0 Å². The van der Waals surface area contributed by atoms with Crippen LogP contribution in [0, 0.1) is 5.92 Å². The third-order valence-electron chi connectivity index (χ3n) is 4.10. The van der Waals surface area contributed by atoms with Crippen LogP contribution in [0.3, 0.4) is 0 Å². The summed E-state index contributed by atoms with van der Waals surface area (Å²) in [5.74, 6) is 3.63. The minimum atomic E-state index is -0.229. The molecule has 0 amide bonds. The maximum Gasteiger partial charge on any atom is 0.320 e. The Morgan fingerprint density at radius 1 is 1.19 bits per heavy atom. The summed E-state index contributed by atoms with van der Waals surface area (Å²) in [6.07, 6.45) is 3.60. The molecular weight excluding hydrogens is 392 g/mol. The molecule has 0 aromatic heterocycles. The molecule has 0 aliphatic carbocycles. The van der Waals surface area contributed by atoms with Gasteiger partial charge in [-0.3, -0.25) is 4.79 Å². The van der Waals surface area contributed by atoms with Gasteiger partial charge < -0.3 is 4.74 Å². The lowest BCUT2D eigenvalue weighted by Gasteiger charge is -2.25. The first-order chi connectivity index (χ1) is 12.9. The van der Waals surface area contributed by atoms with Crippen molar-refractivity contribution in [1.82, 2.24) is 0 Å². The minimum absolute atomic E-state index is 0.0330. The summed E-state index contributed by atoms with van der Waals surface area (Å²) in [7, 11) is 0. The Morgan fingerprint density at radius 2 is 1.81 bits per heavy atom. The van der Waals surface area contributed by atoms with Crippen LogP contribution >= 0.6 is 35.3 Å². The second-order valence-electron chi connectivity index (χ2n) is 6.82. The highest BCUT2D eigenvalue weighted by Gasteiger charge is 2.28. The maximum atomic E-state index is 12.9. The summed E-state index contributed by atoms with van der Waals surface area (Å²) in [6.45, 7) is 15.9. The molecule has 0 N–H and O–H groups in total. The van der Waals surface area contributed by atoms with Crippen molar-refractivity contribution in [2.45, 2.75) is 30.1 Å². The van der Waals surface area contributed by atoms with Crippen LogP contribution in [0.5, 0.6) is 0 Å². The molecule has 2 nitrogen and oxygen atoms in total. The molecule has 1 aromatic carbocycles. The molecule has 146 valence electrons. The summed E-state index contributed by atoms with van der Waals surface area (Å²) in [4.78, 5) is 13.9.